The van der Waals surface area contributed by atoms with E-state index in [0.717, 1.165) is 17.8 Å². The minimum atomic E-state index is -0.213. The van der Waals surface area contributed by atoms with Gasteiger partial charge < -0.3 is 10.1 Å². The Hall–Kier alpha value is -2.29. The van der Waals surface area contributed by atoms with Crippen molar-refractivity contribution in [2.45, 2.75) is 13.0 Å². The molecule has 19 heavy (non-hydrogen) atoms. The first-order valence-electron chi connectivity index (χ1n) is 6.21. The quantitative estimate of drug-likeness (QED) is 0.835. The van der Waals surface area contributed by atoms with Gasteiger partial charge in [-0.25, -0.2) is 0 Å². The van der Waals surface area contributed by atoms with Crippen LogP contribution in [0, 0.1) is 0 Å². The van der Waals surface area contributed by atoms with Gasteiger partial charge in [0.05, 0.1) is 13.5 Å². The molecule has 0 saturated carbocycles. The van der Waals surface area contributed by atoms with Crippen molar-refractivity contribution in [3.8, 4) is 0 Å². The molecule has 0 aromatic heterocycles. The highest BCUT2D eigenvalue weighted by Gasteiger charge is 2.02. The van der Waals surface area contributed by atoms with E-state index in [0.29, 0.717) is 6.42 Å². The van der Waals surface area contributed by atoms with Crippen LogP contribution < -0.4 is 5.32 Å². The molecule has 98 valence electrons. The Morgan fingerprint density at radius 2 is 1.63 bits per heavy atom. The second-order valence-electron chi connectivity index (χ2n) is 4.29. The molecule has 3 nitrogen and oxygen atoms in total. The minimum Gasteiger partial charge on any atom is -0.469 e. The summed E-state index contributed by atoms with van der Waals surface area (Å²) in [5.74, 6) is -0.213. The number of carbonyl (C=O) groups is 1. The summed E-state index contributed by atoms with van der Waals surface area (Å²) in [6.45, 7) is 0.766. The molecule has 2 rings (SSSR count). The Morgan fingerprint density at radius 1 is 1.00 bits per heavy atom. The van der Waals surface area contributed by atoms with Gasteiger partial charge in [0, 0.05) is 12.2 Å². The number of carbonyl (C=O) groups excluding carboxylic acids is 1. The summed E-state index contributed by atoms with van der Waals surface area (Å²) in [5, 5.41) is 3.34. The lowest BCUT2D eigenvalue weighted by molar-refractivity contribution is -0.139. The first-order valence-corrected chi connectivity index (χ1v) is 6.21. The van der Waals surface area contributed by atoms with Crippen molar-refractivity contribution >= 4 is 11.7 Å². The summed E-state index contributed by atoms with van der Waals surface area (Å²) in [6, 6.07) is 18.0. The average molecular weight is 255 g/mol. The lowest BCUT2D eigenvalue weighted by Crippen LogP contribution is -2.04. The maximum Gasteiger partial charge on any atom is 0.309 e. The number of esters is 1. The van der Waals surface area contributed by atoms with Gasteiger partial charge in [0.15, 0.2) is 0 Å². The molecule has 2 aromatic carbocycles. The Balaban J connectivity index is 1.90. The van der Waals surface area contributed by atoms with Crippen LogP contribution in [0.25, 0.3) is 0 Å². The fraction of sp³-hybridized carbons (Fsp3) is 0.188. The molecule has 2 aromatic rings. The largest absolute Gasteiger partial charge is 0.469 e. The van der Waals surface area contributed by atoms with Crippen molar-refractivity contribution in [1.29, 1.82) is 0 Å². The lowest BCUT2D eigenvalue weighted by atomic mass is 10.1. The van der Waals surface area contributed by atoms with E-state index in [2.05, 4.69) is 10.1 Å². The summed E-state index contributed by atoms with van der Waals surface area (Å²) in [6.07, 6.45) is 0.322. The van der Waals surface area contributed by atoms with Crippen LogP contribution in [0.3, 0.4) is 0 Å². The van der Waals surface area contributed by atoms with Gasteiger partial charge in [-0.05, 0) is 23.3 Å². The molecule has 0 heterocycles. The predicted octanol–water partition coefficient (Wildman–Crippen LogP) is 3.01. The number of para-hydroxylation sites is 1. The van der Waals surface area contributed by atoms with E-state index in [1.165, 1.54) is 12.7 Å². The zero-order valence-electron chi connectivity index (χ0n) is 10.9. The van der Waals surface area contributed by atoms with Gasteiger partial charge >= 0.3 is 5.97 Å². The fourth-order valence-electron chi connectivity index (χ4n) is 1.77. The maximum atomic E-state index is 11.1. The summed E-state index contributed by atoms with van der Waals surface area (Å²) < 4.78 is 4.64. The number of hydrogen-bond donors (Lipinski definition) is 1. The topological polar surface area (TPSA) is 38.3 Å². The highest BCUT2D eigenvalue weighted by molar-refractivity contribution is 5.72. The van der Waals surface area contributed by atoms with E-state index in [4.69, 9.17) is 0 Å². The molecule has 3 heteroatoms. The van der Waals surface area contributed by atoms with E-state index >= 15 is 0 Å². The number of benzene rings is 2. The standard InChI is InChI=1S/C16H17NO2/c1-19-16(18)11-13-7-9-14(10-8-13)12-17-15-5-3-2-4-6-15/h2-10,17H,11-12H2,1H3. The van der Waals surface area contributed by atoms with Crippen LogP contribution in [0.1, 0.15) is 11.1 Å². The van der Waals surface area contributed by atoms with E-state index in [1.54, 1.807) is 0 Å². The molecular weight excluding hydrogens is 238 g/mol. The molecular formula is C16H17NO2. The second kappa shape index (κ2) is 6.59. The monoisotopic (exact) mass is 255 g/mol. The smallest absolute Gasteiger partial charge is 0.309 e. The molecule has 0 aliphatic carbocycles. The third-order valence-corrected chi connectivity index (χ3v) is 2.87. The van der Waals surface area contributed by atoms with E-state index < -0.39 is 0 Å². The highest BCUT2D eigenvalue weighted by Crippen LogP contribution is 2.10. The van der Waals surface area contributed by atoms with Crippen molar-refractivity contribution in [3.63, 3.8) is 0 Å². The highest BCUT2D eigenvalue weighted by atomic mass is 16.5. The Bertz CT molecular complexity index is 520. The predicted molar refractivity (Wildman–Crippen MR) is 75.9 cm³/mol. The number of methoxy groups -OCH3 is 1. The first kappa shape index (κ1) is 13.1. The Labute approximate surface area is 113 Å². The van der Waals surface area contributed by atoms with Crippen molar-refractivity contribution in [3.05, 3.63) is 65.7 Å². The van der Waals surface area contributed by atoms with Gasteiger partial charge in [-0.1, -0.05) is 42.5 Å². The minimum absolute atomic E-state index is 0.213. The molecule has 0 saturated heterocycles. The van der Waals surface area contributed by atoms with Crippen molar-refractivity contribution in [2.24, 2.45) is 0 Å². The fourth-order valence-corrected chi connectivity index (χ4v) is 1.77. The SMILES string of the molecule is COC(=O)Cc1ccc(CNc2ccccc2)cc1. The third-order valence-electron chi connectivity index (χ3n) is 2.87. The van der Waals surface area contributed by atoms with Crippen LogP contribution in [0.2, 0.25) is 0 Å². The van der Waals surface area contributed by atoms with E-state index in [-0.39, 0.29) is 5.97 Å². The zero-order valence-corrected chi connectivity index (χ0v) is 10.9. The maximum absolute atomic E-state index is 11.1. The van der Waals surface area contributed by atoms with Gasteiger partial charge in [0.25, 0.3) is 0 Å². The Morgan fingerprint density at radius 3 is 2.26 bits per heavy atom. The van der Waals surface area contributed by atoms with Crippen molar-refractivity contribution < 1.29 is 9.53 Å². The van der Waals surface area contributed by atoms with Crippen LogP contribution in [-0.2, 0) is 22.5 Å². The third kappa shape index (κ3) is 4.14. The molecule has 0 atom stereocenters. The molecule has 0 spiro atoms. The number of rotatable bonds is 5. The lowest BCUT2D eigenvalue weighted by Gasteiger charge is -2.07. The summed E-state index contributed by atoms with van der Waals surface area (Å²) in [7, 11) is 1.40. The molecule has 0 bridgehead atoms. The molecule has 0 aliphatic rings. The van der Waals surface area contributed by atoms with Crippen molar-refractivity contribution in [1.82, 2.24) is 0 Å². The normalized spacial score (nSPS) is 9.95. The van der Waals surface area contributed by atoms with Crippen LogP contribution in [-0.4, -0.2) is 13.1 Å². The summed E-state index contributed by atoms with van der Waals surface area (Å²) >= 11 is 0. The van der Waals surface area contributed by atoms with Gasteiger partial charge in [0.1, 0.15) is 0 Å². The number of hydrogen-bond acceptors (Lipinski definition) is 3. The number of ether oxygens (including phenoxy) is 1. The van der Waals surface area contributed by atoms with Gasteiger partial charge in [0.2, 0.25) is 0 Å². The van der Waals surface area contributed by atoms with Gasteiger partial charge in [-0.3, -0.25) is 4.79 Å². The van der Waals surface area contributed by atoms with Crippen LogP contribution >= 0.6 is 0 Å². The van der Waals surface area contributed by atoms with Crippen LogP contribution in [0.15, 0.2) is 54.6 Å². The van der Waals surface area contributed by atoms with E-state index in [9.17, 15) is 4.79 Å². The molecule has 0 aliphatic heterocycles. The molecule has 0 amide bonds. The summed E-state index contributed by atoms with van der Waals surface area (Å²) in [4.78, 5) is 11.1. The van der Waals surface area contributed by atoms with Crippen LogP contribution in [0.5, 0.6) is 0 Å². The van der Waals surface area contributed by atoms with Gasteiger partial charge in [-0.15, -0.1) is 0 Å². The molecule has 0 radical (unpaired) electrons. The second-order valence-corrected chi connectivity index (χ2v) is 4.29. The summed E-state index contributed by atoms with van der Waals surface area (Å²) in [5.41, 5.74) is 3.24. The number of nitrogens with one attached hydrogen (secondary N) is 1. The number of anilines is 1. The van der Waals surface area contributed by atoms with Gasteiger partial charge in [-0.2, -0.15) is 0 Å². The van der Waals surface area contributed by atoms with Crippen LogP contribution in [0.4, 0.5) is 5.69 Å². The first-order chi connectivity index (χ1) is 9.28. The van der Waals surface area contributed by atoms with E-state index in [1.807, 2.05) is 54.6 Å². The molecule has 1 N–H and O–H groups in total. The Kier molecular flexibility index (Phi) is 4.56. The average Bonchev–Trinajstić information content (AvgIpc) is 2.47. The molecule has 0 fully saturated rings. The molecule has 0 unspecified atom stereocenters. The zero-order chi connectivity index (χ0) is 13.5. The van der Waals surface area contributed by atoms with Crippen molar-refractivity contribution in [2.75, 3.05) is 12.4 Å².